The van der Waals surface area contributed by atoms with Crippen molar-refractivity contribution in [2.75, 3.05) is 57.3 Å². The zero-order valence-corrected chi connectivity index (χ0v) is 15.3. The number of phenols is 1. The Balaban J connectivity index is 1.40. The number of likely N-dealkylation sites (tertiary alicyclic amines) is 1. The van der Waals surface area contributed by atoms with Crippen LogP contribution >= 0.6 is 0 Å². The summed E-state index contributed by atoms with van der Waals surface area (Å²) in [7, 11) is 0. The van der Waals surface area contributed by atoms with Crippen molar-refractivity contribution in [2.45, 2.75) is 25.8 Å². The molecule has 6 nitrogen and oxygen atoms in total. The summed E-state index contributed by atoms with van der Waals surface area (Å²) in [6, 6.07) is 7.85. The summed E-state index contributed by atoms with van der Waals surface area (Å²) in [4.78, 5) is 17.5. The normalized spacial score (nSPS) is 24.9. The molecule has 0 spiro atoms. The predicted molar refractivity (Wildman–Crippen MR) is 98.3 cm³/mol. The second kappa shape index (κ2) is 8.54. The van der Waals surface area contributed by atoms with E-state index in [4.69, 9.17) is 0 Å². The molecule has 0 bridgehead atoms. The summed E-state index contributed by atoms with van der Waals surface area (Å²) in [5.74, 6) is 0.528. The average Bonchev–Trinajstić information content (AvgIpc) is 2.63. The lowest BCUT2D eigenvalue weighted by Gasteiger charge is -2.34. The molecule has 0 unspecified atom stereocenters. The number of phenolic OH excluding ortho intramolecular Hbond substituents is 1. The second-order valence-corrected chi connectivity index (χ2v) is 7.35. The third kappa shape index (κ3) is 4.86. The van der Waals surface area contributed by atoms with E-state index in [2.05, 4.69) is 17.1 Å². The first-order valence-electron chi connectivity index (χ1n) is 9.65. The van der Waals surface area contributed by atoms with Crippen molar-refractivity contribution in [3.63, 3.8) is 0 Å². The quantitative estimate of drug-likeness (QED) is 0.512. The van der Waals surface area contributed by atoms with Gasteiger partial charge in [0.1, 0.15) is 5.75 Å². The number of amides is 1. The molecule has 4 N–H and O–H groups in total. The lowest BCUT2D eigenvalue weighted by molar-refractivity contribution is -0.903. The molecule has 1 amide bonds. The Hall–Kier alpha value is -1.79. The number of hydrogen-bond acceptors (Lipinski definition) is 3. The van der Waals surface area contributed by atoms with Crippen LogP contribution in [0.15, 0.2) is 24.3 Å². The molecule has 0 atom stereocenters. The number of piperazine rings is 1. The summed E-state index contributed by atoms with van der Waals surface area (Å²) in [5, 5.41) is 13.2. The van der Waals surface area contributed by atoms with Crippen molar-refractivity contribution in [3.8, 4) is 5.75 Å². The largest absolute Gasteiger partial charge is 0.506 e. The standard InChI is InChI=1S/C19H30N4O2/c1-2-21-9-7-16(8-10-21)20-19(25)15-22-11-13-23(14-12-22)17-5-3-4-6-18(17)24/h3-6,16,24H,2,7-15H2,1H3,(H,20,25)/p+2. The summed E-state index contributed by atoms with van der Waals surface area (Å²) < 4.78 is 0. The van der Waals surface area contributed by atoms with E-state index in [-0.39, 0.29) is 5.91 Å². The van der Waals surface area contributed by atoms with Crippen LogP contribution in [0.4, 0.5) is 5.69 Å². The van der Waals surface area contributed by atoms with E-state index in [0.717, 1.165) is 44.7 Å². The number of nitrogens with zero attached hydrogens (tertiary/aromatic N) is 1. The summed E-state index contributed by atoms with van der Waals surface area (Å²) in [5.41, 5.74) is 0.899. The van der Waals surface area contributed by atoms with E-state index in [1.807, 2.05) is 18.2 Å². The molecule has 25 heavy (non-hydrogen) atoms. The van der Waals surface area contributed by atoms with Crippen molar-refractivity contribution in [1.82, 2.24) is 5.32 Å². The number of carbonyl (C=O) groups excluding carboxylic acids is 1. The van der Waals surface area contributed by atoms with Crippen molar-refractivity contribution >= 4 is 11.6 Å². The lowest BCUT2D eigenvalue weighted by Crippen LogP contribution is -3.16. The molecular weight excluding hydrogens is 316 g/mol. The number of para-hydroxylation sites is 2. The summed E-state index contributed by atoms with van der Waals surface area (Å²) in [6.45, 7) is 9.94. The average molecular weight is 348 g/mol. The van der Waals surface area contributed by atoms with Gasteiger partial charge in [0.05, 0.1) is 51.5 Å². The van der Waals surface area contributed by atoms with Gasteiger partial charge >= 0.3 is 0 Å². The Labute approximate surface area is 150 Å². The van der Waals surface area contributed by atoms with Crippen LogP contribution in [-0.2, 0) is 4.79 Å². The van der Waals surface area contributed by atoms with Gasteiger partial charge in [-0.2, -0.15) is 0 Å². The highest BCUT2D eigenvalue weighted by molar-refractivity contribution is 5.77. The molecule has 1 aromatic rings. The van der Waals surface area contributed by atoms with Crippen molar-refractivity contribution in [1.29, 1.82) is 0 Å². The van der Waals surface area contributed by atoms with Crippen molar-refractivity contribution in [2.24, 2.45) is 0 Å². The fraction of sp³-hybridized carbons (Fsp3) is 0.632. The Kier molecular flexibility index (Phi) is 6.15. The Morgan fingerprint density at radius 1 is 1.16 bits per heavy atom. The number of quaternary nitrogens is 2. The monoisotopic (exact) mass is 348 g/mol. The number of nitrogens with one attached hydrogen (secondary N) is 3. The van der Waals surface area contributed by atoms with Crippen LogP contribution in [0.2, 0.25) is 0 Å². The fourth-order valence-electron chi connectivity index (χ4n) is 4.00. The summed E-state index contributed by atoms with van der Waals surface area (Å²) in [6.07, 6.45) is 2.20. The zero-order chi connectivity index (χ0) is 17.6. The maximum absolute atomic E-state index is 12.3. The van der Waals surface area contributed by atoms with E-state index < -0.39 is 0 Å². The first-order valence-corrected chi connectivity index (χ1v) is 9.65. The number of rotatable bonds is 5. The van der Waals surface area contributed by atoms with Gasteiger partial charge in [0.25, 0.3) is 5.91 Å². The van der Waals surface area contributed by atoms with Crippen LogP contribution in [0.3, 0.4) is 0 Å². The Bertz CT molecular complexity index is 564. The molecule has 2 aliphatic rings. The molecule has 1 aromatic carbocycles. The van der Waals surface area contributed by atoms with Gasteiger partial charge in [0.2, 0.25) is 0 Å². The number of aromatic hydroxyl groups is 1. The van der Waals surface area contributed by atoms with Gasteiger partial charge in [-0.3, -0.25) is 4.79 Å². The molecule has 0 radical (unpaired) electrons. The molecule has 0 saturated carbocycles. The maximum atomic E-state index is 12.3. The lowest BCUT2D eigenvalue weighted by atomic mass is 10.1. The van der Waals surface area contributed by atoms with Crippen molar-refractivity contribution in [3.05, 3.63) is 24.3 Å². The van der Waals surface area contributed by atoms with Crippen LogP contribution in [0, 0.1) is 0 Å². The van der Waals surface area contributed by atoms with Crippen LogP contribution in [0.1, 0.15) is 19.8 Å². The molecule has 0 aromatic heterocycles. The Morgan fingerprint density at radius 3 is 2.48 bits per heavy atom. The van der Waals surface area contributed by atoms with Crippen LogP contribution < -0.4 is 20.0 Å². The molecule has 2 fully saturated rings. The number of carbonyl (C=O) groups is 1. The van der Waals surface area contributed by atoms with Gasteiger partial charge in [-0.05, 0) is 19.1 Å². The number of anilines is 1. The minimum absolute atomic E-state index is 0.191. The van der Waals surface area contributed by atoms with Crippen LogP contribution in [0.25, 0.3) is 0 Å². The van der Waals surface area contributed by atoms with E-state index in [9.17, 15) is 9.90 Å². The minimum atomic E-state index is 0.191. The third-order valence-corrected chi connectivity index (χ3v) is 5.66. The fourth-order valence-corrected chi connectivity index (χ4v) is 4.00. The second-order valence-electron chi connectivity index (χ2n) is 7.35. The summed E-state index contributed by atoms with van der Waals surface area (Å²) >= 11 is 0. The smallest absolute Gasteiger partial charge is 0.275 e. The maximum Gasteiger partial charge on any atom is 0.275 e. The molecule has 2 aliphatic heterocycles. The van der Waals surface area contributed by atoms with Crippen LogP contribution in [0.5, 0.6) is 5.75 Å². The number of hydrogen-bond donors (Lipinski definition) is 4. The van der Waals surface area contributed by atoms with Gasteiger partial charge in [-0.15, -0.1) is 0 Å². The van der Waals surface area contributed by atoms with E-state index in [1.165, 1.54) is 24.5 Å². The van der Waals surface area contributed by atoms with E-state index >= 15 is 0 Å². The highest BCUT2D eigenvalue weighted by atomic mass is 16.3. The molecule has 3 rings (SSSR count). The predicted octanol–water partition coefficient (Wildman–Crippen LogP) is -1.72. The van der Waals surface area contributed by atoms with Crippen LogP contribution in [-0.4, -0.2) is 69.4 Å². The van der Waals surface area contributed by atoms with Gasteiger partial charge in [0.15, 0.2) is 6.54 Å². The van der Waals surface area contributed by atoms with Gasteiger partial charge in [-0.25, -0.2) is 0 Å². The molecule has 138 valence electrons. The molecule has 2 heterocycles. The van der Waals surface area contributed by atoms with Gasteiger partial charge in [-0.1, -0.05) is 12.1 Å². The van der Waals surface area contributed by atoms with E-state index in [1.54, 1.807) is 11.0 Å². The topological polar surface area (TPSA) is 61.5 Å². The minimum Gasteiger partial charge on any atom is -0.506 e. The number of piperidine rings is 1. The van der Waals surface area contributed by atoms with Gasteiger partial charge < -0.3 is 25.1 Å². The SMILES string of the molecule is CC[NH+]1CCC(NC(=O)C[NH+]2CCN(c3ccccc3O)CC2)CC1. The number of benzene rings is 1. The highest BCUT2D eigenvalue weighted by Crippen LogP contribution is 2.25. The zero-order valence-electron chi connectivity index (χ0n) is 15.3. The van der Waals surface area contributed by atoms with Crippen molar-refractivity contribution < 1.29 is 19.7 Å². The first kappa shape index (κ1) is 18.0. The highest BCUT2D eigenvalue weighted by Gasteiger charge is 2.26. The first-order chi connectivity index (χ1) is 12.2. The van der Waals surface area contributed by atoms with Gasteiger partial charge in [0, 0.05) is 18.9 Å². The molecule has 2 saturated heterocycles. The molecule has 0 aliphatic carbocycles. The Morgan fingerprint density at radius 2 is 1.84 bits per heavy atom. The third-order valence-electron chi connectivity index (χ3n) is 5.66. The molecular formula is C19H32N4O2+2. The van der Waals surface area contributed by atoms with E-state index in [0.29, 0.717) is 18.3 Å². The molecule has 6 heteroatoms.